The Kier molecular flexibility index (Phi) is 2.98. The zero-order chi connectivity index (χ0) is 8.27. The first-order valence-electron chi connectivity index (χ1n) is 2.83. The number of nitrogens with two attached hydrogens (primary N) is 1. The summed E-state index contributed by atoms with van der Waals surface area (Å²) in [5.74, 6) is 0.306. The van der Waals surface area contributed by atoms with E-state index in [0.29, 0.717) is 5.82 Å². The standard InChI is InChI=1S/C5H6BrN3OS/c6-5-9-3(2-11-5)8-4(10)1-7/h2H,1,7H2,(H,8,10). The first kappa shape index (κ1) is 8.63. The lowest BCUT2D eigenvalue weighted by Gasteiger charge is -1.95. The molecule has 0 saturated heterocycles. The third-order valence-electron chi connectivity index (χ3n) is 0.929. The second-order valence-corrected chi connectivity index (χ2v) is 3.87. The molecule has 11 heavy (non-hydrogen) atoms. The molecule has 3 N–H and O–H groups in total. The van der Waals surface area contributed by atoms with Gasteiger partial charge in [0.25, 0.3) is 0 Å². The third kappa shape index (κ3) is 2.57. The maximum atomic E-state index is 10.7. The zero-order valence-corrected chi connectivity index (χ0v) is 7.91. The van der Waals surface area contributed by atoms with Crippen molar-refractivity contribution in [2.75, 3.05) is 11.9 Å². The monoisotopic (exact) mass is 235 g/mol. The minimum absolute atomic E-state index is 0.0187. The average Bonchev–Trinajstić information content (AvgIpc) is 2.35. The first-order chi connectivity index (χ1) is 5.22. The zero-order valence-electron chi connectivity index (χ0n) is 5.50. The molecule has 0 bridgehead atoms. The van der Waals surface area contributed by atoms with Crippen molar-refractivity contribution >= 4 is 39.0 Å². The Bertz CT molecular complexity index is 262. The summed E-state index contributed by atoms with van der Waals surface area (Å²) < 4.78 is 0.741. The van der Waals surface area contributed by atoms with Crippen LogP contribution in [0.4, 0.5) is 5.82 Å². The lowest BCUT2D eigenvalue weighted by Crippen LogP contribution is -2.21. The number of carbonyl (C=O) groups is 1. The molecule has 0 aliphatic carbocycles. The quantitative estimate of drug-likeness (QED) is 0.798. The fraction of sp³-hybridized carbons (Fsp3) is 0.200. The molecular formula is C5H6BrN3OS. The Morgan fingerprint density at radius 1 is 1.91 bits per heavy atom. The van der Waals surface area contributed by atoms with E-state index in [1.807, 2.05) is 0 Å². The average molecular weight is 236 g/mol. The van der Waals surface area contributed by atoms with E-state index in [1.54, 1.807) is 5.38 Å². The number of nitrogens with zero attached hydrogens (tertiary/aromatic N) is 1. The van der Waals surface area contributed by atoms with Gasteiger partial charge in [-0.1, -0.05) is 0 Å². The van der Waals surface area contributed by atoms with Crippen LogP contribution in [0.1, 0.15) is 0 Å². The fourth-order valence-electron chi connectivity index (χ4n) is 0.503. The van der Waals surface area contributed by atoms with E-state index in [2.05, 4.69) is 26.2 Å². The number of halogens is 1. The van der Waals surface area contributed by atoms with Crippen molar-refractivity contribution in [3.63, 3.8) is 0 Å². The van der Waals surface area contributed by atoms with Gasteiger partial charge in [-0.05, 0) is 15.9 Å². The summed E-state index contributed by atoms with van der Waals surface area (Å²) >= 11 is 4.58. The molecule has 0 aromatic carbocycles. The van der Waals surface area contributed by atoms with Crippen LogP contribution < -0.4 is 11.1 Å². The maximum Gasteiger partial charge on any atom is 0.239 e. The van der Waals surface area contributed by atoms with Crippen LogP contribution in [0.5, 0.6) is 0 Å². The van der Waals surface area contributed by atoms with E-state index in [-0.39, 0.29) is 12.5 Å². The Hall–Kier alpha value is -0.460. The van der Waals surface area contributed by atoms with Crippen LogP contribution in [0.3, 0.4) is 0 Å². The predicted octanol–water partition coefficient (Wildman–Crippen LogP) is 0.803. The molecule has 60 valence electrons. The molecule has 6 heteroatoms. The van der Waals surface area contributed by atoms with Crippen molar-refractivity contribution in [2.24, 2.45) is 5.73 Å². The summed E-state index contributed by atoms with van der Waals surface area (Å²) in [6.07, 6.45) is 0. The molecule has 0 unspecified atom stereocenters. The van der Waals surface area contributed by atoms with E-state index in [1.165, 1.54) is 11.3 Å². The lowest BCUT2D eigenvalue weighted by molar-refractivity contribution is -0.114. The predicted molar refractivity (Wildman–Crippen MR) is 47.5 cm³/mol. The summed E-state index contributed by atoms with van der Waals surface area (Å²) in [6.45, 7) is -0.0187. The van der Waals surface area contributed by atoms with E-state index in [4.69, 9.17) is 5.73 Å². The molecule has 0 aliphatic heterocycles. The molecule has 1 heterocycles. The van der Waals surface area contributed by atoms with Gasteiger partial charge in [-0.15, -0.1) is 11.3 Å². The minimum atomic E-state index is -0.234. The van der Waals surface area contributed by atoms with E-state index < -0.39 is 0 Å². The summed E-state index contributed by atoms with van der Waals surface area (Å²) in [4.78, 5) is 14.6. The molecular weight excluding hydrogens is 230 g/mol. The summed E-state index contributed by atoms with van der Waals surface area (Å²) in [5, 5.41) is 4.25. The number of anilines is 1. The van der Waals surface area contributed by atoms with Crippen molar-refractivity contribution < 1.29 is 4.79 Å². The van der Waals surface area contributed by atoms with Crippen LogP contribution in [-0.4, -0.2) is 17.4 Å². The van der Waals surface area contributed by atoms with Crippen molar-refractivity contribution in [2.45, 2.75) is 0 Å². The van der Waals surface area contributed by atoms with E-state index in [0.717, 1.165) is 3.92 Å². The van der Waals surface area contributed by atoms with Gasteiger partial charge in [-0.2, -0.15) is 0 Å². The largest absolute Gasteiger partial charge is 0.322 e. The highest BCUT2D eigenvalue weighted by atomic mass is 79.9. The molecule has 0 aliphatic rings. The molecule has 4 nitrogen and oxygen atoms in total. The Labute approximate surface area is 75.9 Å². The molecule has 0 spiro atoms. The van der Waals surface area contributed by atoms with Gasteiger partial charge in [-0.25, -0.2) is 4.98 Å². The lowest BCUT2D eigenvalue weighted by atomic mass is 10.6. The van der Waals surface area contributed by atoms with Crippen LogP contribution >= 0.6 is 27.3 Å². The van der Waals surface area contributed by atoms with Crippen molar-refractivity contribution in [3.8, 4) is 0 Å². The third-order valence-corrected chi connectivity index (χ3v) is 2.29. The summed E-state index contributed by atoms with van der Waals surface area (Å²) in [5.41, 5.74) is 5.08. The second-order valence-electron chi connectivity index (χ2n) is 1.74. The highest BCUT2D eigenvalue weighted by Gasteiger charge is 2.01. The molecule has 0 atom stereocenters. The topological polar surface area (TPSA) is 68.0 Å². The molecule has 0 radical (unpaired) electrons. The molecule has 1 rings (SSSR count). The van der Waals surface area contributed by atoms with Crippen molar-refractivity contribution in [1.82, 2.24) is 4.98 Å². The van der Waals surface area contributed by atoms with Gasteiger partial charge >= 0.3 is 0 Å². The van der Waals surface area contributed by atoms with Gasteiger partial charge < -0.3 is 11.1 Å². The normalized spacial score (nSPS) is 9.64. The molecule has 0 saturated carbocycles. The number of hydrogen-bond donors (Lipinski definition) is 2. The Morgan fingerprint density at radius 3 is 3.09 bits per heavy atom. The fourth-order valence-corrected chi connectivity index (χ4v) is 1.45. The van der Waals surface area contributed by atoms with E-state index >= 15 is 0 Å². The van der Waals surface area contributed by atoms with Gasteiger partial charge in [0.1, 0.15) is 5.82 Å². The highest BCUT2D eigenvalue weighted by Crippen LogP contribution is 2.18. The van der Waals surface area contributed by atoms with Gasteiger partial charge in [0.15, 0.2) is 3.92 Å². The Balaban J connectivity index is 2.57. The SMILES string of the molecule is NCC(=O)Nc1csc(Br)n1. The van der Waals surface area contributed by atoms with Crippen LogP contribution in [0.25, 0.3) is 0 Å². The minimum Gasteiger partial charge on any atom is -0.322 e. The number of carbonyl (C=O) groups excluding carboxylic acids is 1. The van der Waals surface area contributed by atoms with Crippen LogP contribution in [0, 0.1) is 0 Å². The van der Waals surface area contributed by atoms with Crippen molar-refractivity contribution in [3.05, 3.63) is 9.30 Å². The summed E-state index contributed by atoms with van der Waals surface area (Å²) in [7, 11) is 0. The number of nitrogens with one attached hydrogen (secondary N) is 1. The number of hydrogen-bond acceptors (Lipinski definition) is 4. The van der Waals surface area contributed by atoms with Crippen LogP contribution in [0.15, 0.2) is 9.30 Å². The van der Waals surface area contributed by atoms with Crippen LogP contribution in [-0.2, 0) is 4.79 Å². The van der Waals surface area contributed by atoms with Gasteiger partial charge in [0.2, 0.25) is 5.91 Å². The molecule has 1 aromatic heterocycles. The summed E-state index contributed by atoms with van der Waals surface area (Å²) in [6, 6.07) is 0. The van der Waals surface area contributed by atoms with Crippen molar-refractivity contribution in [1.29, 1.82) is 0 Å². The highest BCUT2D eigenvalue weighted by molar-refractivity contribution is 9.11. The van der Waals surface area contributed by atoms with Gasteiger partial charge in [0.05, 0.1) is 6.54 Å². The smallest absolute Gasteiger partial charge is 0.239 e. The van der Waals surface area contributed by atoms with E-state index in [9.17, 15) is 4.79 Å². The first-order valence-corrected chi connectivity index (χ1v) is 4.50. The number of amides is 1. The molecule has 1 amide bonds. The number of rotatable bonds is 2. The Morgan fingerprint density at radius 2 is 2.64 bits per heavy atom. The van der Waals surface area contributed by atoms with Crippen LogP contribution in [0.2, 0.25) is 0 Å². The maximum absolute atomic E-state index is 10.7. The number of aromatic nitrogens is 1. The second kappa shape index (κ2) is 3.80. The van der Waals surface area contributed by atoms with Gasteiger partial charge in [-0.3, -0.25) is 4.79 Å². The molecule has 0 fully saturated rings. The van der Waals surface area contributed by atoms with Gasteiger partial charge in [0, 0.05) is 5.38 Å². The number of thiazole rings is 1. The molecule has 1 aromatic rings.